The summed E-state index contributed by atoms with van der Waals surface area (Å²) in [5, 5.41) is 4.92. The Morgan fingerprint density at radius 2 is 2.00 bits per heavy atom. The van der Waals surface area contributed by atoms with Crippen LogP contribution >= 0.6 is 23.2 Å². The van der Waals surface area contributed by atoms with E-state index >= 15 is 0 Å². The number of H-pyrrole nitrogens is 1. The lowest BCUT2D eigenvalue weighted by Gasteiger charge is -2.28. The summed E-state index contributed by atoms with van der Waals surface area (Å²) in [5.41, 5.74) is 8.62. The summed E-state index contributed by atoms with van der Waals surface area (Å²) in [4.78, 5) is 43.6. The zero-order chi connectivity index (χ0) is 25.6. The summed E-state index contributed by atoms with van der Waals surface area (Å²) in [6, 6.07) is 7.56. The Morgan fingerprint density at radius 1 is 1.19 bits per heavy atom. The Hall–Kier alpha value is -3.27. The Kier molecular flexibility index (Phi) is 6.55. The van der Waals surface area contributed by atoms with E-state index in [2.05, 4.69) is 25.3 Å². The van der Waals surface area contributed by atoms with Crippen LogP contribution in [0.2, 0.25) is 10.0 Å². The number of nitrogens with two attached hydrogens (primary N) is 1. The molecule has 5 rings (SSSR count). The number of rotatable bonds is 6. The number of nitrogens with one attached hydrogen (secondary N) is 2. The molecule has 1 aliphatic rings. The van der Waals surface area contributed by atoms with Gasteiger partial charge in [0.15, 0.2) is 0 Å². The van der Waals surface area contributed by atoms with Crippen LogP contribution in [0.25, 0.3) is 21.9 Å². The molecule has 9 nitrogen and oxygen atoms in total. The van der Waals surface area contributed by atoms with Crippen LogP contribution in [0.3, 0.4) is 0 Å². The number of amides is 1. The van der Waals surface area contributed by atoms with Crippen molar-refractivity contribution in [1.29, 1.82) is 0 Å². The number of carbonyl (C=O) groups is 2. The van der Waals surface area contributed by atoms with E-state index in [1.54, 1.807) is 29.2 Å². The number of nitrogens with zero attached hydrogens (tertiary/aromatic N) is 4. The van der Waals surface area contributed by atoms with Crippen LogP contribution in [0.15, 0.2) is 36.7 Å². The van der Waals surface area contributed by atoms with Crippen LogP contribution in [-0.4, -0.2) is 55.2 Å². The standard InChI is InChI=1S/C25H25Cl2N7O2/c1-12(23-32-18-6-5-14(26)8-20(18)33-23)31-24-16-9-17(27)15(10-19(16)29-11-30-24)25(36)34-7-3-4-21(34)22(28)13(2)35/h5-6,8-12,21-22H,3-4,7,28H2,1-2H3,(H,32,33)(H,29,30,31)/t12-,21+,22?/m0/s1. The van der Waals surface area contributed by atoms with Crippen LogP contribution in [0, 0.1) is 0 Å². The molecule has 0 radical (unpaired) electrons. The number of ketones is 1. The number of likely N-dealkylation sites (tertiary alicyclic amines) is 1. The SMILES string of the molecule is CC(=O)C(N)[C@H]1CCCN1C(=O)c1cc2ncnc(N[C@@H](C)c3nc4cc(Cl)ccc4[nH]3)c2cc1Cl. The first-order valence-corrected chi connectivity index (χ1v) is 12.4. The molecule has 0 saturated carbocycles. The molecular formula is C25H25Cl2N7O2. The molecule has 4 N–H and O–H groups in total. The highest BCUT2D eigenvalue weighted by atomic mass is 35.5. The van der Waals surface area contributed by atoms with Crippen LogP contribution in [-0.2, 0) is 4.79 Å². The number of halogens is 2. The van der Waals surface area contributed by atoms with Crippen molar-refractivity contribution in [3.05, 3.63) is 58.1 Å². The fraction of sp³-hybridized carbons (Fsp3) is 0.320. The van der Waals surface area contributed by atoms with Gasteiger partial charge in [0.05, 0.1) is 45.3 Å². The predicted octanol–water partition coefficient (Wildman–Crippen LogP) is 4.51. The van der Waals surface area contributed by atoms with Crippen molar-refractivity contribution in [2.45, 2.75) is 44.8 Å². The first-order valence-electron chi connectivity index (χ1n) is 11.7. The largest absolute Gasteiger partial charge is 0.360 e. The number of fused-ring (bicyclic) bond motifs is 2. The summed E-state index contributed by atoms with van der Waals surface area (Å²) in [7, 11) is 0. The van der Waals surface area contributed by atoms with E-state index in [0.29, 0.717) is 40.3 Å². The Labute approximate surface area is 217 Å². The van der Waals surface area contributed by atoms with E-state index < -0.39 is 6.04 Å². The third kappa shape index (κ3) is 4.50. The first kappa shape index (κ1) is 24.4. The lowest BCUT2D eigenvalue weighted by molar-refractivity contribution is -0.119. The van der Waals surface area contributed by atoms with Crippen molar-refractivity contribution in [3.63, 3.8) is 0 Å². The summed E-state index contributed by atoms with van der Waals surface area (Å²) in [6.45, 7) is 3.93. The second kappa shape index (κ2) is 9.65. The average Bonchev–Trinajstić information content (AvgIpc) is 3.50. The fourth-order valence-corrected chi connectivity index (χ4v) is 5.09. The monoisotopic (exact) mass is 525 g/mol. The Bertz CT molecular complexity index is 1490. The maximum absolute atomic E-state index is 13.4. The molecule has 3 heterocycles. The van der Waals surface area contributed by atoms with Crippen molar-refractivity contribution >= 4 is 62.6 Å². The Balaban J connectivity index is 1.43. The summed E-state index contributed by atoms with van der Waals surface area (Å²) < 4.78 is 0. The average molecular weight is 526 g/mol. The topological polar surface area (TPSA) is 130 Å². The number of aromatic nitrogens is 4. The molecular weight excluding hydrogens is 501 g/mol. The number of Topliss-reactive ketones (excluding diaryl/α,β-unsaturated/α-hetero) is 1. The third-order valence-electron chi connectivity index (χ3n) is 6.63. The molecule has 1 aliphatic heterocycles. The summed E-state index contributed by atoms with van der Waals surface area (Å²) in [5.74, 6) is 0.876. The van der Waals surface area contributed by atoms with Crippen LogP contribution < -0.4 is 11.1 Å². The molecule has 0 bridgehead atoms. The predicted molar refractivity (Wildman–Crippen MR) is 140 cm³/mol. The van der Waals surface area contributed by atoms with Gasteiger partial charge in [0.25, 0.3) is 5.91 Å². The maximum atomic E-state index is 13.4. The third-order valence-corrected chi connectivity index (χ3v) is 7.17. The van der Waals surface area contributed by atoms with Crippen molar-refractivity contribution < 1.29 is 9.59 Å². The van der Waals surface area contributed by atoms with Gasteiger partial charge in [-0.1, -0.05) is 23.2 Å². The van der Waals surface area contributed by atoms with E-state index in [4.69, 9.17) is 28.9 Å². The highest BCUT2D eigenvalue weighted by Gasteiger charge is 2.36. The van der Waals surface area contributed by atoms with Crippen molar-refractivity contribution in [2.75, 3.05) is 11.9 Å². The lowest BCUT2D eigenvalue weighted by atomic mass is 10.0. The van der Waals surface area contributed by atoms with Gasteiger partial charge in [0.2, 0.25) is 0 Å². The molecule has 1 saturated heterocycles. The van der Waals surface area contributed by atoms with Gasteiger partial charge < -0.3 is 20.9 Å². The smallest absolute Gasteiger partial charge is 0.255 e. The molecule has 1 fully saturated rings. The van der Waals surface area contributed by atoms with Gasteiger partial charge in [-0.2, -0.15) is 0 Å². The Morgan fingerprint density at radius 3 is 2.78 bits per heavy atom. The van der Waals surface area contributed by atoms with Gasteiger partial charge in [-0.15, -0.1) is 0 Å². The molecule has 36 heavy (non-hydrogen) atoms. The van der Waals surface area contributed by atoms with Crippen LogP contribution in [0.5, 0.6) is 0 Å². The molecule has 1 amide bonds. The zero-order valence-electron chi connectivity index (χ0n) is 19.8. The second-order valence-corrected chi connectivity index (χ2v) is 9.91. The zero-order valence-corrected chi connectivity index (χ0v) is 21.3. The normalized spacial score (nSPS) is 17.5. The molecule has 186 valence electrons. The van der Waals surface area contributed by atoms with Gasteiger partial charge in [-0.05, 0) is 57.0 Å². The number of benzene rings is 2. The highest BCUT2D eigenvalue weighted by molar-refractivity contribution is 6.35. The van der Waals surface area contributed by atoms with Gasteiger partial charge in [0.1, 0.15) is 23.8 Å². The molecule has 1 unspecified atom stereocenters. The summed E-state index contributed by atoms with van der Waals surface area (Å²) in [6.07, 6.45) is 2.90. The number of imidazole rings is 1. The molecule has 0 spiro atoms. The molecule has 3 atom stereocenters. The van der Waals surface area contributed by atoms with E-state index in [0.717, 1.165) is 23.3 Å². The minimum atomic E-state index is -0.718. The van der Waals surface area contributed by atoms with E-state index in [9.17, 15) is 9.59 Å². The number of carbonyl (C=O) groups excluding carboxylic acids is 2. The summed E-state index contributed by atoms with van der Waals surface area (Å²) >= 11 is 12.7. The fourth-order valence-electron chi connectivity index (χ4n) is 4.68. The number of hydrogen-bond donors (Lipinski definition) is 3. The highest BCUT2D eigenvalue weighted by Crippen LogP contribution is 2.31. The molecule has 4 aromatic rings. The van der Waals surface area contributed by atoms with Crippen molar-refractivity contribution in [2.24, 2.45) is 5.73 Å². The van der Waals surface area contributed by atoms with Crippen molar-refractivity contribution in [1.82, 2.24) is 24.8 Å². The van der Waals surface area contributed by atoms with Crippen LogP contribution in [0.1, 0.15) is 48.9 Å². The maximum Gasteiger partial charge on any atom is 0.255 e. The lowest BCUT2D eigenvalue weighted by Crippen LogP contribution is -2.50. The number of aromatic amines is 1. The van der Waals surface area contributed by atoms with E-state index in [1.165, 1.54) is 13.3 Å². The van der Waals surface area contributed by atoms with Gasteiger partial charge in [-0.3, -0.25) is 9.59 Å². The first-order chi connectivity index (χ1) is 17.2. The van der Waals surface area contributed by atoms with Crippen LogP contribution in [0.4, 0.5) is 5.82 Å². The second-order valence-electron chi connectivity index (χ2n) is 9.07. The van der Waals surface area contributed by atoms with Crippen molar-refractivity contribution in [3.8, 4) is 0 Å². The van der Waals surface area contributed by atoms with Gasteiger partial charge in [-0.25, -0.2) is 15.0 Å². The minimum absolute atomic E-state index is 0.144. The number of anilines is 1. The molecule has 2 aromatic carbocycles. The van der Waals surface area contributed by atoms with E-state index in [-0.39, 0.29) is 28.8 Å². The van der Waals surface area contributed by atoms with Gasteiger partial charge in [0, 0.05) is 17.0 Å². The molecule has 2 aromatic heterocycles. The molecule has 11 heteroatoms. The molecule has 0 aliphatic carbocycles. The minimum Gasteiger partial charge on any atom is -0.360 e. The number of hydrogen-bond acceptors (Lipinski definition) is 7. The van der Waals surface area contributed by atoms with Gasteiger partial charge >= 0.3 is 0 Å². The van der Waals surface area contributed by atoms with E-state index in [1.807, 2.05) is 13.0 Å². The quantitative estimate of drug-likeness (QED) is 0.337.